The summed E-state index contributed by atoms with van der Waals surface area (Å²) in [5, 5.41) is 0. The summed E-state index contributed by atoms with van der Waals surface area (Å²) in [5.41, 5.74) is 5.94. The summed E-state index contributed by atoms with van der Waals surface area (Å²) in [5.74, 6) is 0.223. The van der Waals surface area contributed by atoms with Gasteiger partial charge in [0.2, 0.25) is 0 Å². The molecule has 0 spiro atoms. The third-order valence-electron chi connectivity index (χ3n) is 3.53. The Labute approximate surface area is 98.7 Å². The first-order valence-electron chi connectivity index (χ1n) is 6.52. The Morgan fingerprint density at radius 2 is 2.00 bits per heavy atom. The average Bonchev–Trinajstić information content (AvgIpc) is 2.30. The van der Waals surface area contributed by atoms with Gasteiger partial charge in [-0.3, -0.25) is 4.79 Å². The fourth-order valence-corrected chi connectivity index (χ4v) is 2.55. The fourth-order valence-electron chi connectivity index (χ4n) is 2.55. The number of hydrogen-bond acceptors (Lipinski definition) is 3. The van der Waals surface area contributed by atoms with Crippen molar-refractivity contribution in [2.75, 3.05) is 19.8 Å². The summed E-state index contributed by atoms with van der Waals surface area (Å²) in [6.45, 7) is 3.65. The Balaban J connectivity index is 2.33. The molecule has 1 aliphatic carbocycles. The highest BCUT2D eigenvalue weighted by Crippen LogP contribution is 2.38. The van der Waals surface area contributed by atoms with Gasteiger partial charge in [-0.25, -0.2) is 0 Å². The Kier molecular flexibility index (Phi) is 5.99. The van der Waals surface area contributed by atoms with Gasteiger partial charge in [0.15, 0.2) is 5.78 Å². The molecule has 1 fully saturated rings. The van der Waals surface area contributed by atoms with Crippen molar-refractivity contribution < 1.29 is 9.53 Å². The van der Waals surface area contributed by atoms with Crippen LogP contribution in [0.2, 0.25) is 0 Å². The molecule has 3 nitrogen and oxygen atoms in total. The van der Waals surface area contributed by atoms with E-state index in [2.05, 4.69) is 0 Å². The van der Waals surface area contributed by atoms with Crippen LogP contribution in [0.1, 0.15) is 51.9 Å². The molecule has 2 N–H and O–H groups in total. The van der Waals surface area contributed by atoms with E-state index in [9.17, 15) is 4.79 Å². The molecule has 0 aromatic carbocycles. The molecule has 0 aromatic rings. The number of hydrogen-bond donors (Lipinski definition) is 1. The molecule has 0 saturated heterocycles. The zero-order valence-electron chi connectivity index (χ0n) is 10.5. The summed E-state index contributed by atoms with van der Waals surface area (Å²) in [7, 11) is 0. The SMILES string of the molecule is CCCOCC(=O)CC1(CN)CCCCC1. The van der Waals surface area contributed by atoms with Crippen LogP contribution in [0, 0.1) is 5.41 Å². The standard InChI is InChI=1S/C13H25NO2/c1-2-8-16-10-12(15)9-13(11-14)6-4-3-5-7-13/h2-11,14H2,1H3. The third-order valence-corrected chi connectivity index (χ3v) is 3.53. The van der Waals surface area contributed by atoms with E-state index in [0.29, 0.717) is 19.6 Å². The van der Waals surface area contributed by atoms with Gasteiger partial charge in [0, 0.05) is 13.0 Å². The quantitative estimate of drug-likeness (QED) is 0.679. The maximum absolute atomic E-state index is 11.8. The minimum absolute atomic E-state index is 0.0882. The first-order chi connectivity index (χ1) is 7.72. The highest BCUT2D eigenvalue weighted by atomic mass is 16.5. The zero-order chi connectivity index (χ0) is 11.9. The molecule has 0 aliphatic heterocycles. The van der Waals surface area contributed by atoms with E-state index in [1.807, 2.05) is 6.92 Å². The Bertz CT molecular complexity index is 210. The Morgan fingerprint density at radius 1 is 1.31 bits per heavy atom. The van der Waals surface area contributed by atoms with Gasteiger partial charge in [-0.05, 0) is 31.2 Å². The number of Topliss-reactive ketones (excluding diaryl/α,β-unsaturated/α-hetero) is 1. The number of ether oxygens (including phenoxy) is 1. The predicted molar refractivity (Wildman–Crippen MR) is 65.3 cm³/mol. The van der Waals surface area contributed by atoms with Crippen LogP contribution >= 0.6 is 0 Å². The van der Waals surface area contributed by atoms with Crippen molar-refractivity contribution in [2.24, 2.45) is 11.1 Å². The monoisotopic (exact) mass is 227 g/mol. The lowest BCUT2D eigenvalue weighted by atomic mass is 9.71. The Morgan fingerprint density at radius 3 is 2.56 bits per heavy atom. The van der Waals surface area contributed by atoms with E-state index in [1.54, 1.807) is 0 Å². The number of rotatable bonds is 7. The van der Waals surface area contributed by atoms with E-state index in [-0.39, 0.29) is 17.8 Å². The molecular weight excluding hydrogens is 202 g/mol. The molecule has 0 aromatic heterocycles. The predicted octanol–water partition coefficient (Wildman–Crippen LogP) is 2.28. The molecule has 3 heteroatoms. The van der Waals surface area contributed by atoms with Crippen LogP contribution < -0.4 is 5.73 Å². The highest BCUT2D eigenvalue weighted by molar-refractivity contribution is 5.80. The van der Waals surface area contributed by atoms with E-state index < -0.39 is 0 Å². The van der Waals surface area contributed by atoms with Crippen molar-refractivity contribution in [3.8, 4) is 0 Å². The van der Waals surface area contributed by atoms with Gasteiger partial charge in [0.25, 0.3) is 0 Å². The largest absolute Gasteiger partial charge is 0.374 e. The highest BCUT2D eigenvalue weighted by Gasteiger charge is 2.32. The molecule has 0 unspecified atom stereocenters. The first-order valence-corrected chi connectivity index (χ1v) is 6.52. The van der Waals surface area contributed by atoms with Crippen molar-refractivity contribution >= 4 is 5.78 Å². The molecule has 16 heavy (non-hydrogen) atoms. The smallest absolute Gasteiger partial charge is 0.159 e. The second kappa shape index (κ2) is 7.02. The molecule has 1 aliphatic rings. The van der Waals surface area contributed by atoms with Gasteiger partial charge in [-0.15, -0.1) is 0 Å². The average molecular weight is 227 g/mol. The molecule has 0 heterocycles. The fraction of sp³-hybridized carbons (Fsp3) is 0.923. The van der Waals surface area contributed by atoms with Crippen molar-refractivity contribution in [1.29, 1.82) is 0 Å². The second-order valence-corrected chi connectivity index (χ2v) is 5.03. The minimum Gasteiger partial charge on any atom is -0.374 e. The maximum atomic E-state index is 11.8. The van der Waals surface area contributed by atoms with Crippen molar-refractivity contribution in [3.63, 3.8) is 0 Å². The number of carbonyl (C=O) groups is 1. The summed E-state index contributed by atoms with van der Waals surface area (Å²) < 4.78 is 5.29. The normalized spacial score (nSPS) is 19.6. The summed E-state index contributed by atoms with van der Waals surface area (Å²) >= 11 is 0. The van der Waals surface area contributed by atoms with Crippen LogP contribution in [-0.4, -0.2) is 25.5 Å². The van der Waals surface area contributed by atoms with E-state index in [1.165, 1.54) is 19.3 Å². The van der Waals surface area contributed by atoms with Gasteiger partial charge >= 0.3 is 0 Å². The number of ketones is 1. The zero-order valence-corrected chi connectivity index (χ0v) is 10.5. The van der Waals surface area contributed by atoms with Crippen molar-refractivity contribution in [2.45, 2.75) is 51.9 Å². The molecule has 1 saturated carbocycles. The summed E-state index contributed by atoms with van der Waals surface area (Å²) in [4.78, 5) is 11.8. The van der Waals surface area contributed by atoms with Crippen LogP contribution in [0.5, 0.6) is 0 Å². The van der Waals surface area contributed by atoms with Crippen LogP contribution in [-0.2, 0) is 9.53 Å². The Hall–Kier alpha value is -0.410. The van der Waals surface area contributed by atoms with Crippen LogP contribution in [0.4, 0.5) is 0 Å². The van der Waals surface area contributed by atoms with E-state index >= 15 is 0 Å². The van der Waals surface area contributed by atoms with Crippen LogP contribution in [0.25, 0.3) is 0 Å². The van der Waals surface area contributed by atoms with Crippen LogP contribution in [0.15, 0.2) is 0 Å². The number of nitrogens with two attached hydrogens (primary N) is 1. The third kappa shape index (κ3) is 4.22. The lowest BCUT2D eigenvalue weighted by Gasteiger charge is -2.35. The van der Waals surface area contributed by atoms with Crippen molar-refractivity contribution in [3.05, 3.63) is 0 Å². The van der Waals surface area contributed by atoms with E-state index in [0.717, 1.165) is 19.3 Å². The molecule has 0 bridgehead atoms. The first kappa shape index (κ1) is 13.7. The maximum Gasteiger partial charge on any atom is 0.159 e. The lowest BCUT2D eigenvalue weighted by molar-refractivity contribution is -0.126. The van der Waals surface area contributed by atoms with E-state index in [4.69, 9.17) is 10.5 Å². The van der Waals surface area contributed by atoms with Crippen molar-refractivity contribution in [1.82, 2.24) is 0 Å². The van der Waals surface area contributed by atoms with Crippen LogP contribution in [0.3, 0.4) is 0 Å². The van der Waals surface area contributed by atoms with Gasteiger partial charge in [-0.2, -0.15) is 0 Å². The molecule has 0 radical (unpaired) electrons. The summed E-state index contributed by atoms with van der Waals surface area (Å²) in [6.07, 6.45) is 7.55. The molecule has 1 rings (SSSR count). The molecule has 0 amide bonds. The molecule has 94 valence electrons. The second-order valence-electron chi connectivity index (χ2n) is 5.03. The van der Waals surface area contributed by atoms with Gasteiger partial charge < -0.3 is 10.5 Å². The number of carbonyl (C=O) groups excluding carboxylic acids is 1. The van der Waals surface area contributed by atoms with Gasteiger partial charge in [0.05, 0.1) is 0 Å². The van der Waals surface area contributed by atoms with Gasteiger partial charge in [0.1, 0.15) is 6.61 Å². The molecule has 0 atom stereocenters. The molecular formula is C13H25NO2. The van der Waals surface area contributed by atoms with Gasteiger partial charge in [-0.1, -0.05) is 26.2 Å². The topological polar surface area (TPSA) is 52.3 Å². The minimum atomic E-state index is 0.0882. The summed E-state index contributed by atoms with van der Waals surface area (Å²) in [6, 6.07) is 0. The lowest BCUT2D eigenvalue weighted by Crippen LogP contribution is -2.35.